The molecule has 0 aromatic heterocycles. The average molecular weight is 388 g/mol. The second-order valence-electron chi connectivity index (χ2n) is 6.58. The standard InChI is InChI=1S/C24H24N2O3/c1-2-18-11-13-21(14-12-18)26-23(27)17-29-22-10-6-9-20(15-22)24(28)25-16-19-7-4-3-5-8-19/h3-15H,2,16-17H2,1H3,(H,25,28)(H,26,27). The molecule has 5 nitrogen and oxygen atoms in total. The van der Waals surface area contributed by atoms with Crippen molar-refractivity contribution in [3.8, 4) is 5.75 Å². The predicted molar refractivity (Wildman–Crippen MR) is 114 cm³/mol. The molecule has 0 atom stereocenters. The average Bonchev–Trinajstić information content (AvgIpc) is 2.77. The Hall–Kier alpha value is -3.60. The van der Waals surface area contributed by atoms with Crippen molar-refractivity contribution >= 4 is 17.5 Å². The summed E-state index contributed by atoms with van der Waals surface area (Å²) in [6.07, 6.45) is 0.951. The lowest BCUT2D eigenvalue weighted by Crippen LogP contribution is -2.23. The first-order valence-electron chi connectivity index (χ1n) is 9.58. The van der Waals surface area contributed by atoms with Gasteiger partial charge in [0, 0.05) is 17.8 Å². The molecule has 2 N–H and O–H groups in total. The first-order valence-corrected chi connectivity index (χ1v) is 9.58. The Morgan fingerprint density at radius 1 is 0.862 bits per heavy atom. The zero-order valence-corrected chi connectivity index (χ0v) is 16.4. The molecule has 0 saturated carbocycles. The maximum absolute atomic E-state index is 12.4. The molecule has 0 radical (unpaired) electrons. The third-order valence-corrected chi connectivity index (χ3v) is 4.41. The van der Waals surface area contributed by atoms with Crippen molar-refractivity contribution in [3.05, 3.63) is 95.6 Å². The highest BCUT2D eigenvalue weighted by Crippen LogP contribution is 2.14. The zero-order chi connectivity index (χ0) is 20.5. The highest BCUT2D eigenvalue weighted by atomic mass is 16.5. The number of ether oxygens (including phenoxy) is 1. The molecule has 0 heterocycles. The summed E-state index contributed by atoms with van der Waals surface area (Å²) in [5.74, 6) is 0.0155. The van der Waals surface area contributed by atoms with E-state index in [-0.39, 0.29) is 18.4 Å². The fourth-order valence-corrected chi connectivity index (χ4v) is 2.78. The Bertz CT molecular complexity index is 953. The molecular formula is C24H24N2O3. The van der Waals surface area contributed by atoms with Crippen LogP contribution in [0.2, 0.25) is 0 Å². The third-order valence-electron chi connectivity index (χ3n) is 4.41. The van der Waals surface area contributed by atoms with E-state index in [9.17, 15) is 9.59 Å². The molecule has 0 aliphatic rings. The van der Waals surface area contributed by atoms with Gasteiger partial charge in [-0.05, 0) is 47.9 Å². The van der Waals surface area contributed by atoms with Crippen LogP contribution in [0.3, 0.4) is 0 Å². The van der Waals surface area contributed by atoms with Crippen molar-refractivity contribution in [2.24, 2.45) is 0 Å². The van der Waals surface area contributed by atoms with Crippen molar-refractivity contribution in [3.63, 3.8) is 0 Å². The molecule has 3 rings (SSSR count). The number of benzene rings is 3. The van der Waals surface area contributed by atoms with Crippen molar-refractivity contribution in [1.82, 2.24) is 5.32 Å². The van der Waals surface area contributed by atoms with Crippen LogP contribution in [0.15, 0.2) is 78.9 Å². The highest BCUT2D eigenvalue weighted by molar-refractivity contribution is 5.94. The van der Waals surface area contributed by atoms with Crippen molar-refractivity contribution < 1.29 is 14.3 Å². The van der Waals surface area contributed by atoms with Crippen LogP contribution in [0.1, 0.15) is 28.4 Å². The van der Waals surface area contributed by atoms with Gasteiger partial charge >= 0.3 is 0 Å². The molecule has 0 spiro atoms. The molecule has 0 fully saturated rings. The van der Waals surface area contributed by atoms with Gasteiger partial charge in [0.15, 0.2) is 6.61 Å². The molecule has 148 valence electrons. The van der Waals surface area contributed by atoms with Crippen molar-refractivity contribution in [2.45, 2.75) is 19.9 Å². The Kier molecular flexibility index (Phi) is 7.00. The van der Waals surface area contributed by atoms with Crippen LogP contribution in [-0.4, -0.2) is 18.4 Å². The number of amides is 2. The maximum Gasteiger partial charge on any atom is 0.262 e. The number of carbonyl (C=O) groups is 2. The molecule has 5 heteroatoms. The van der Waals surface area contributed by atoms with Crippen LogP contribution in [0, 0.1) is 0 Å². The Morgan fingerprint density at radius 2 is 1.62 bits per heavy atom. The van der Waals surface area contributed by atoms with E-state index in [2.05, 4.69) is 17.6 Å². The maximum atomic E-state index is 12.4. The number of carbonyl (C=O) groups excluding carboxylic acids is 2. The molecule has 0 aliphatic carbocycles. The molecule has 2 amide bonds. The summed E-state index contributed by atoms with van der Waals surface area (Å²) in [6.45, 7) is 2.39. The number of rotatable bonds is 8. The summed E-state index contributed by atoms with van der Waals surface area (Å²) >= 11 is 0. The first kappa shape index (κ1) is 20.1. The van der Waals surface area contributed by atoms with Gasteiger partial charge in [0.25, 0.3) is 11.8 Å². The van der Waals surface area contributed by atoms with Gasteiger partial charge in [-0.25, -0.2) is 0 Å². The molecule has 0 saturated heterocycles. The van der Waals surface area contributed by atoms with Crippen LogP contribution in [0.25, 0.3) is 0 Å². The van der Waals surface area contributed by atoms with Gasteiger partial charge in [-0.3, -0.25) is 9.59 Å². The number of aryl methyl sites for hydroxylation is 1. The summed E-state index contributed by atoms with van der Waals surface area (Å²) in [6, 6.07) is 24.2. The number of anilines is 1. The third kappa shape index (κ3) is 6.21. The van der Waals surface area contributed by atoms with E-state index >= 15 is 0 Å². The lowest BCUT2D eigenvalue weighted by atomic mass is 10.1. The van der Waals surface area contributed by atoms with Crippen LogP contribution in [0.5, 0.6) is 5.75 Å². The van der Waals surface area contributed by atoms with Gasteiger partial charge in [-0.2, -0.15) is 0 Å². The Labute approximate surface area is 170 Å². The zero-order valence-electron chi connectivity index (χ0n) is 16.4. The van der Waals surface area contributed by atoms with Crippen LogP contribution >= 0.6 is 0 Å². The molecule has 0 bridgehead atoms. The summed E-state index contributed by atoms with van der Waals surface area (Å²) in [5.41, 5.74) is 3.44. The summed E-state index contributed by atoms with van der Waals surface area (Å²) < 4.78 is 5.55. The number of nitrogens with one attached hydrogen (secondary N) is 2. The van der Waals surface area contributed by atoms with Crippen molar-refractivity contribution in [2.75, 3.05) is 11.9 Å². The molecule has 3 aromatic rings. The quantitative estimate of drug-likeness (QED) is 0.608. The van der Waals surface area contributed by atoms with Gasteiger partial charge in [-0.15, -0.1) is 0 Å². The SMILES string of the molecule is CCc1ccc(NC(=O)COc2cccc(C(=O)NCc3ccccc3)c2)cc1. The van der Waals surface area contributed by atoms with E-state index in [0.29, 0.717) is 17.9 Å². The van der Waals surface area contributed by atoms with Gasteiger partial charge in [0.1, 0.15) is 5.75 Å². The fraction of sp³-hybridized carbons (Fsp3) is 0.167. The smallest absolute Gasteiger partial charge is 0.262 e. The summed E-state index contributed by atoms with van der Waals surface area (Å²) in [7, 11) is 0. The Morgan fingerprint density at radius 3 is 2.34 bits per heavy atom. The largest absolute Gasteiger partial charge is 0.484 e. The van der Waals surface area contributed by atoms with E-state index < -0.39 is 0 Å². The normalized spacial score (nSPS) is 10.2. The highest BCUT2D eigenvalue weighted by Gasteiger charge is 2.08. The summed E-state index contributed by atoms with van der Waals surface area (Å²) in [5, 5.41) is 5.67. The molecule has 0 unspecified atom stereocenters. The molecule has 3 aromatic carbocycles. The van der Waals surface area contributed by atoms with Gasteiger partial charge in [0.2, 0.25) is 0 Å². The fourth-order valence-electron chi connectivity index (χ4n) is 2.78. The van der Waals surface area contributed by atoms with Gasteiger partial charge < -0.3 is 15.4 Å². The van der Waals surface area contributed by atoms with E-state index in [1.54, 1.807) is 24.3 Å². The van der Waals surface area contributed by atoms with E-state index in [4.69, 9.17) is 4.74 Å². The topological polar surface area (TPSA) is 67.4 Å². The lowest BCUT2D eigenvalue weighted by molar-refractivity contribution is -0.118. The number of hydrogen-bond donors (Lipinski definition) is 2. The second kappa shape index (κ2) is 10.1. The summed E-state index contributed by atoms with van der Waals surface area (Å²) in [4.78, 5) is 24.5. The van der Waals surface area contributed by atoms with E-state index in [0.717, 1.165) is 17.7 Å². The van der Waals surface area contributed by atoms with Gasteiger partial charge in [0.05, 0.1) is 0 Å². The minimum atomic E-state index is -0.256. The van der Waals surface area contributed by atoms with Crippen molar-refractivity contribution in [1.29, 1.82) is 0 Å². The van der Waals surface area contributed by atoms with E-state index in [1.165, 1.54) is 5.56 Å². The van der Waals surface area contributed by atoms with Crippen LogP contribution in [-0.2, 0) is 17.8 Å². The minimum absolute atomic E-state index is 0.134. The first-order chi connectivity index (χ1) is 14.1. The predicted octanol–water partition coefficient (Wildman–Crippen LogP) is 4.20. The second-order valence-corrected chi connectivity index (χ2v) is 6.58. The molecular weight excluding hydrogens is 364 g/mol. The number of hydrogen-bond acceptors (Lipinski definition) is 3. The van der Waals surface area contributed by atoms with Crippen LogP contribution < -0.4 is 15.4 Å². The minimum Gasteiger partial charge on any atom is -0.484 e. The monoisotopic (exact) mass is 388 g/mol. The Balaban J connectivity index is 1.50. The molecule has 0 aliphatic heterocycles. The van der Waals surface area contributed by atoms with Gasteiger partial charge in [-0.1, -0.05) is 55.5 Å². The van der Waals surface area contributed by atoms with E-state index in [1.807, 2.05) is 54.6 Å². The molecule has 29 heavy (non-hydrogen) atoms. The lowest BCUT2D eigenvalue weighted by Gasteiger charge is -2.10. The van der Waals surface area contributed by atoms with Crippen LogP contribution in [0.4, 0.5) is 5.69 Å².